The maximum Gasteiger partial charge on any atom is 0.208 e. The molecule has 3 heteroatoms. The molecule has 1 aliphatic carbocycles. The van der Waals surface area contributed by atoms with Crippen LogP contribution in [0.15, 0.2) is 4.42 Å². The second-order valence-electron chi connectivity index (χ2n) is 4.51. The molecule has 1 N–H and O–H groups in total. The predicted octanol–water partition coefficient (Wildman–Crippen LogP) is 2.57. The number of aryl methyl sites for hydroxylation is 2. The molecule has 0 radical (unpaired) electrons. The summed E-state index contributed by atoms with van der Waals surface area (Å²) < 4.78 is 5.48. The van der Waals surface area contributed by atoms with Crippen molar-refractivity contribution >= 4 is 0 Å². The van der Waals surface area contributed by atoms with Crippen molar-refractivity contribution in [1.82, 2.24) is 10.3 Å². The minimum atomic E-state index is 0.763. The molecular formula is C12H20N2O. The molecule has 0 amide bonds. The zero-order valence-electron chi connectivity index (χ0n) is 9.68. The number of nitrogens with one attached hydrogen (secondary N) is 1. The highest BCUT2D eigenvalue weighted by molar-refractivity contribution is 5.04. The third-order valence-corrected chi connectivity index (χ3v) is 3.01. The molecule has 1 heterocycles. The maximum absolute atomic E-state index is 5.48. The molecule has 0 saturated heterocycles. The van der Waals surface area contributed by atoms with E-state index in [0.717, 1.165) is 36.4 Å². The second kappa shape index (κ2) is 4.79. The van der Waals surface area contributed by atoms with Crippen LogP contribution in [0.2, 0.25) is 0 Å². The first-order valence-electron chi connectivity index (χ1n) is 5.89. The lowest BCUT2D eigenvalue weighted by Gasteiger charge is -2.00. The van der Waals surface area contributed by atoms with Gasteiger partial charge in [0.2, 0.25) is 5.89 Å². The van der Waals surface area contributed by atoms with Crippen LogP contribution in [0.1, 0.15) is 43.0 Å². The van der Waals surface area contributed by atoms with Crippen LogP contribution >= 0.6 is 0 Å². The first kappa shape index (κ1) is 10.7. The van der Waals surface area contributed by atoms with Gasteiger partial charge in [0, 0.05) is 0 Å². The molecule has 0 aromatic carbocycles. The summed E-state index contributed by atoms with van der Waals surface area (Å²) in [6, 6.07) is 0. The molecule has 0 bridgehead atoms. The average Bonchev–Trinajstić information content (AvgIpc) is 2.95. The maximum atomic E-state index is 5.48. The zero-order valence-corrected chi connectivity index (χ0v) is 9.68. The Bertz CT molecular complexity index is 296. The summed E-state index contributed by atoms with van der Waals surface area (Å²) in [5.74, 6) is 2.79. The van der Waals surface area contributed by atoms with E-state index in [-0.39, 0.29) is 0 Å². The third-order valence-electron chi connectivity index (χ3n) is 3.01. The van der Waals surface area contributed by atoms with Gasteiger partial charge < -0.3 is 9.73 Å². The Kier molecular flexibility index (Phi) is 3.41. The fraction of sp³-hybridized carbons (Fsp3) is 0.750. The smallest absolute Gasteiger partial charge is 0.208 e. The highest BCUT2D eigenvalue weighted by Crippen LogP contribution is 2.33. The van der Waals surface area contributed by atoms with Gasteiger partial charge in [-0.3, -0.25) is 0 Å². The quantitative estimate of drug-likeness (QED) is 0.730. The molecule has 84 valence electrons. The zero-order chi connectivity index (χ0) is 10.7. The van der Waals surface area contributed by atoms with E-state index >= 15 is 0 Å². The average molecular weight is 208 g/mol. The van der Waals surface area contributed by atoms with Crippen molar-refractivity contribution in [2.45, 2.75) is 46.1 Å². The normalized spacial score (nSPS) is 15.9. The molecule has 0 unspecified atom stereocenters. The van der Waals surface area contributed by atoms with Crippen LogP contribution in [-0.2, 0) is 6.54 Å². The molecule has 1 saturated carbocycles. The van der Waals surface area contributed by atoms with Gasteiger partial charge in [-0.2, -0.15) is 0 Å². The molecule has 2 rings (SSSR count). The van der Waals surface area contributed by atoms with Crippen LogP contribution < -0.4 is 5.32 Å². The van der Waals surface area contributed by atoms with Crippen molar-refractivity contribution in [3.8, 4) is 0 Å². The first-order valence-corrected chi connectivity index (χ1v) is 5.89. The largest absolute Gasteiger partial charge is 0.444 e. The van der Waals surface area contributed by atoms with Gasteiger partial charge in [0.1, 0.15) is 5.76 Å². The second-order valence-corrected chi connectivity index (χ2v) is 4.51. The lowest BCUT2D eigenvalue weighted by atomic mass is 10.2. The van der Waals surface area contributed by atoms with Crippen molar-refractivity contribution in [2.24, 2.45) is 5.92 Å². The van der Waals surface area contributed by atoms with Crippen LogP contribution in [0.25, 0.3) is 0 Å². The predicted molar refractivity (Wildman–Crippen MR) is 59.6 cm³/mol. The molecule has 1 aromatic heterocycles. The van der Waals surface area contributed by atoms with E-state index < -0.39 is 0 Å². The van der Waals surface area contributed by atoms with E-state index in [1.54, 1.807) is 0 Å². The fourth-order valence-corrected chi connectivity index (χ4v) is 1.73. The Balaban J connectivity index is 1.60. The summed E-state index contributed by atoms with van der Waals surface area (Å²) in [4.78, 5) is 4.33. The molecule has 0 atom stereocenters. The molecule has 0 spiro atoms. The monoisotopic (exact) mass is 208 g/mol. The number of aromatic nitrogens is 1. The van der Waals surface area contributed by atoms with Gasteiger partial charge in [-0.25, -0.2) is 4.98 Å². The molecule has 1 aliphatic rings. The standard InChI is InChI=1S/C12H20N2O/c1-9-10(2)15-12(14-9)8-13-7-3-4-11-5-6-11/h11,13H,3-8H2,1-2H3. The third kappa shape index (κ3) is 3.34. The molecule has 1 aromatic rings. The number of nitrogens with zero attached hydrogens (tertiary/aromatic N) is 1. The van der Waals surface area contributed by atoms with Gasteiger partial charge >= 0.3 is 0 Å². The van der Waals surface area contributed by atoms with Crippen LogP contribution in [0.4, 0.5) is 0 Å². The SMILES string of the molecule is Cc1nc(CNCCCC2CC2)oc1C. The number of hydrogen-bond donors (Lipinski definition) is 1. The van der Waals surface area contributed by atoms with Gasteiger partial charge in [0.05, 0.1) is 12.2 Å². The minimum Gasteiger partial charge on any atom is -0.444 e. The topological polar surface area (TPSA) is 38.1 Å². The van der Waals surface area contributed by atoms with E-state index in [4.69, 9.17) is 4.42 Å². The van der Waals surface area contributed by atoms with Crippen molar-refractivity contribution in [3.05, 3.63) is 17.3 Å². The van der Waals surface area contributed by atoms with Gasteiger partial charge in [0.25, 0.3) is 0 Å². The molecule has 1 fully saturated rings. The van der Waals surface area contributed by atoms with Crippen LogP contribution in [0.5, 0.6) is 0 Å². The molecule has 15 heavy (non-hydrogen) atoms. The Morgan fingerprint density at radius 3 is 2.80 bits per heavy atom. The fourth-order valence-electron chi connectivity index (χ4n) is 1.73. The number of hydrogen-bond acceptors (Lipinski definition) is 3. The number of rotatable bonds is 6. The van der Waals surface area contributed by atoms with Crippen molar-refractivity contribution in [2.75, 3.05) is 6.54 Å². The van der Waals surface area contributed by atoms with Crippen LogP contribution in [0.3, 0.4) is 0 Å². The van der Waals surface area contributed by atoms with Gasteiger partial charge in [0.15, 0.2) is 0 Å². The number of oxazole rings is 1. The van der Waals surface area contributed by atoms with E-state index in [9.17, 15) is 0 Å². The Morgan fingerprint density at radius 1 is 1.40 bits per heavy atom. The van der Waals surface area contributed by atoms with Gasteiger partial charge in [-0.1, -0.05) is 12.8 Å². The Hall–Kier alpha value is -0.830. The summed E-state index contributed by atoms with van der Waals surface area (Å²) in [5.41, 5.74) is 1.00. The first-order chi connectivity index (χ1) is 7.25. The summed E-state index contributed by atoms with van der Waals surface area (Å²) in [7, 11) is 0. The molecular weight excluding hydrogens is 188 g/mol. The van der Waals surface area contributed by atoms with Crippen LogP contribution in [-0.4, -0.2) is 11.5 Å². The van der Waals surface area contributed by atoms with E-state index in [1.807, 2.05) is 13.8 Å². The van der Waals surface area contributed by atoms with E-state index in [1.165, 1.54) is 25.7 Å². The van der Waals surface area contributed by atoms with Crippen molar-refractivity contribution < 1.29 is 4.42 Å². The molecule has 3 nitrogen and oxygen atoms in total. The van der Waals surface area contributed by atoms with Crippen LogP contribution in [0, 0.1) is 19.8 Å². The van der Waals surface area contributed by atoms with Gasteiger partial charge in [-0.05, 0) is 39.2 Å². The van der Waals surface area contributed by atoms with Crippen molar-refractivity contribution in [3.63, 3.8) is 0 Å². The van der Waals surface area contributed by atoms with Gasteiger partial charge in [-0.15, -0.1) is 0 Å². The molecule has 0 aliphatic heterocycles. The highest BCUT2D eigenvalue weighted by atomic mass is 16.4. The summed E-state index contributed by atoms with van der Waals surface area (Å²) in [6.45, 7) is 5.78. The Morgan fingerprint density at radius 2 is 2.20 bits per heavy atom. The summed E-state index contributed by atoms with van der Waals surface area (Å²) in [5, 5.41) is 3.37. The highest BCUT2D eigenvalue weighted by Gasteiger charge is 2.19. The minimum absolute atomic E-state index is 0.763. The summed E-state index contributed by atoms with van der Waals surface area (Å²) >= 11 is 0. The van der Waals surface area contributed by atoms with E-state index in [0.29, 0.717) is 0 Å². The Labute approximate surface area is 91.3 Å². The lowest BCUT2D eigenvalue weighted by Crippen LogP contribution is -2.15. The van der Waals surface area contributed by atoms with Crippen molar-refractivity contribution in [1.29, 1.82) is 0 Å². The van der Waals surface area contributed by atoms with E-state index in [2.05, 4.69) is 10.3 Å². The lowest BCUT2D eigenvalue weighted by molar-refractivity contribution is 0.445. The summed E-state index contributed by atoms with van der Waals surface area (Å²) in [6.07, 6.45) is 5.58.